The van der Waals surface area contributed by atoms with Crippen molar-refractivity contribution in [3.05, 3.63) is 58.4 Å². The van der Waals surface area contributed by atoms with Gasteiger partial charge in [0.15, 0.2) is 0 Å². The van der Waals surface area contributed by atoms with Crippen LogP contribution in [-0.2, 0) is 27.0 Å². The summed E-state index contributed by atoms with van der Waals surface area (Å²) in [6.07, 6.45) is 1.38. The van der Waals surface area contributed by atoms with Gasteiger partial charge in [-0.25, -0.2) is 12.8 Å². The number of sulfonamides is 1. The lowest BCUT2D eigenvalue weighted by molar-refractivity contribution is -0.118. The van der Waals surface area contributed by atoms with E-state index < -0.39 is 15.8 Å². The molecule has 0 radical (unpaired) electrons. The van der Waals surface area contributed by atoms with Crippen molar-refractivity contribution < 1.29 is 17.6 Å². The van der Waals surface area contributed by atoms with E-state index in [1.165, 1.54) is 4.90 Å². The summed E-state index contributed by atoms with van der Waals surface area (Å²) in [5, 5.41) is 0.520. The van der Waals surface area contributed by atoms with E-state index in [0.717, 1.165) is 6.07 Å². The number of rotatable bonds is 6. The Kier molecular flexibility index (Phi) is 5.72. The van der Waals surface area contributed by atoms with Crippen molar-refractivity contribution in [3.8, 4) is 0 Å². The Hall–Kier alpha value is -2.12. The van der Waals surface area contributed by atoms with Crippen molar-refractivity contribution in [1.82, 2.24) is 0 Å². The summed E-state index contributed by atoms with van der Waals surface area (Å²) in [6, 6.07) is 9.22. The third-order valence-electron chi connectivity index (χ3n) is 4.31. The lowest BCUT2D eigenvalue weighted by Crippen LogP contribution is -2.36. The topological polar surface area (TPSA) is 66.5 Å². The third-order valence-corrected chi connectivity index (χ3v) is 5.82. The number of benzene rings is 2. The third kappa shape index (κ3) is 4.59. The summed E-state index contributed by atoms with van der Waals surface area (Å²) in [4.78, 5) is 13.5. The maximum Gasteiger partial charge on any atom is 0.236 e. The number of carbonyl (C=O) groups is 1. The van der Waals surface area contributed by atoms with E-state index in [1.54, 1.807) is 30.3 Å². The lowest BCUT2D eigenvalue weighted by atomic mass is 10.00. The van der Waals surface area contributed by atoms with Gasteiger partial charge >= 0.3 is 0 Å². The first-order valence-corrected chi connectivity index (χ1v) is 10.7. The normalized spacial score (nSPS) is 14.2. The SMILES string of the molecule is CCCN1C(=O)CCc2cc(NS(=O)(=O)Cc3ccc(Cl)cc3)cc(F)c21. The predicted octanol–water partition coefficient (Wildman–Crippen LogP) is 4.11. The molecule has 2 aromatic carbocycles. The van der Waals surface area contributed by atoms with Gasteiger partial charge in [-0.3, -0.25) is 9.52 Å². The fraction of sp³-hybridized carbons (Fsp3) is 0.316. The molecule has 3 rings (SSSR count). The molecule has 1 N–H and O–H groups in total. The molecule has 0 atom stereocenters. The molecule has 1 aliphatic rings. The molecule has 0 aliphatic carbocycles. The Bertz CT molecular complexity index is 962. The first-order valence-electron chi connectivity index (χ1n) is 8.67. The van der Waals surface area contributed by atoms with Crippen molar-refractivity contribution in [2.45, 2.75) is 31.9 Å². The molecular weight excluding hydrogens is 391 g/mol. The summed E-state index contributed by atoms with van der Waals surface area (Å²) in [6.45, 7) is 2.35. The molecular formula is C19H20ClFN2O3S. The van der Waals surface area contributed by atoms with Gasteiger partial charge in [0.25, 0.3) is 0 Å². The summed E-state index contributed by atoms with van der Waals surface area (Å²) in [7, 11) is -3.72. The van der Waals surface area contributed by atoms with Crippen LogP contribution < -0.4 is 9.62 Å². The molecule has 2 aromatic rings. The molecule has 1 heterocycles. The maximum atomic E-state index is 14.7. The number of fused-ring (bicyclic) bond motifs is 1. The number of hydrogen-bond donors (Lipinski definition) is 1. The van der Waals surface area contributed by atoms with Crippen LogP contribution in [0.4, 0.5) is 15.8 Å². The van der Waals surface area contributed by atoms with Crippen molar-refractivity contribution in [1.29, 1.82) is 0 Å². The Morgan fingerprint density at radius 2 is 1.89 bits per heavy atom. The van der Waals surface area contributed by atoms with E-state index in [4.69, 9.17) is 11.6 Å². The van der Waals surface area contributed by atoms with Crippen LogP contribution in [0.15, 0.2) is 36.4 Å². The molecule has 5 nitrogen and oxygen atoms in total. The Morgan fingerprint density at radius 3 is 2.56 bits per heavy atom. The second-order valence-electron chi connectivity index (χ2n) is 6.50. The molecule has 8 heteroatoms. The predicted molar refractivity (Wildman–Crippen MR) is 105 cm³/mol. The van der Waals surface area contributed by atoms with Gasteiger partial charge < -0.3 is 4.90 Å². The van der Waals surface area contributed by atoms with Crippen molar-refractivity contribution in [2.24, 2.45) is 0 Å². The van der Waals surface area contributed by atoms with Crippen LogP contribution >= 0.6 is 11.6 Å². The van der Waals surface area contributed by atoms with Crippen molar-refractivity contribution in [2.75, 3.05) is 16.2 Å². The van der Waals surface area contributed by atoms with Gasteiger partial charge in [-0.15, -0.1) is 0 Å². The zero-order chi connectivity index (χ0) is 19.6. The average Bonchev–Trinajstić information content (AvgIpc) is 2.59. The van der Waals surface area contributed by atoms with Gasteiger partial charge in [-0.1, -0.05) is 30.7 Å². The zero-order valence-corrected chi connectivity index (χ0v) is 16.4. The molecule has 27 heavy (non-hydrogen) atoms. The van der Waals surface area contributed by atoms with Crippen molar-refractivity contribution >= 4 is 38.9 Å². The van der Waals surface area contributed by atoms with Crippen LogP contribution in [-0.4, -0.2) is 20.9 Å². The zero-order valence-electron chi connectivity index (χ0n) is 14.8. The number of amides is 1. The molecule has 144 valence electrons. The molecule has 0 spiro atoms. The van der Waals surface area contributed by atoms with Crippen LogP contribution in [0.3, 0.4) is 0 Å². The first-order chi connectivity index (χ1) is 12.8. The number of anilines is 2. The minimum atomic E-state index is -3.72. The molecule has 0 saturated carbocycles. The largest absolute Gasteiger partial charge is 0.309 e. The average molecular weight is 411 g/mol. The van der Waals surface area contributed by atoms with Crippen LogP contribution in [0.1, 0.15) is 30.9 Å². The summed E-state index contributed by atoms with van der Waals surface area (Å²) < 4.78 is 42.0. The van der Waals surface area contributed by atoms with Gasteiger partial charge in [0.05, 0.1) is 17.1 Å². The molecule has 0 saturated heterocycles. The van der Waals surface area contributed by atoms with Gasteiger partial charge in [0.1, 0.15) is 5.82 Å². The fourth-order valence-corrected chi connectivity index (χ4v) is 4.49. The number of halogens is 2. The fourth-order valence-electron chi connectivity index (χ4n) is 3.18. The highest BCUT2D eigenvalue weighted by Crippen LogP contribution is 2.34. The Labute approximate surface area is 163 Å². The number of nitrogens with one attached hydrogen (secondary N) is 1. The highest BCUT2D eigenvalue weighted by molar-refractivity contribution is 7.91. The molecule has 0 fully saturated rings. The van der Waals surface area contributed by atoms with E-state index >= 15 is 0 Å². The lowest BCUT2D eigenvalue weighted by Gasteiger charge is -2.30. The maximum absolute atomic E-state index is 14.7. The van der Waals surface area contributed by atoms with Crippen LogP contribution in [0, 0.1) is 5.82 Å². The highest BCUT2D eigenvalue weighted by Gasteiger charge is 2.27. The van der Waals surface area contributed by atoms with Crippen molar-refractivity contribution in [3.63, 3.8) is 0 Å². The number of hydrogen-bond acceptors (Lipinski definition) is 3. The second-order valence-corrected chi connectivity index (χ2v) is 8.66. The van der Waals surface area contributed by atoms with E-state index in [2.05, 4.69) is 4.72 Å². The molecule has 1 amide bonds. The van der Waals surface area contributed by atoms with E-state index in [0.29, 0.717) is 35.5 Å². The minimum Gasteiger partial charge on any atom is -0.309 e. The quantitative estimate of drug-likeness (QED) is 0.779. The number of nitrogens with zero attached hydrogens (tertiary/aromatic N) is 1. The monoisotopic (exact) mass is 410 g/mol. The Balaban J connectivity index is 1.85. The van der Waals surface area contributed by atoms with Gasteiger partial charge in [-0.2, -0.15) is 0 Å². The number of aryl methyl sites for hydroxylation is 1. The standard InChI is InChI=1S/C19H20ClFN2O3S/c1-2-9-23-18(24)8-5-14-10-16(11-17(21)19(14)23)22-27(25,26)12-13-3-6-15(20)7-4-13/h3-4,6-7,10-11,22H,2,5,8-9,12H2,1H3. The molecule has 0 bridgehead atoms. The second kappa shape index (κ2) is 7.86. The van der Waals surface area contributed by atoms with Gasteiger partial charge in [0, 0.05) is 24.1 Å². The first kappa shape index (κ1) is 19.6. The van der Waals surface area contributed by atoms with Crippen LogP contribution in [0.5, 0.6) is 0 Å². The summed E-state index contributed by atoms with van der Waals surface area (Å²) >= 11 is 5.81. The highest BCUT2D eigenvalue weighted by atomic mass is 35.5. The summed E-state index contributed by atoms with van der Waals surface area (Å²) in [5.74, 6) is -0.957. The smallest absolute Gasteiger partial charge is 0.236 e. The van der Waals surface area contributed by atoms with Crippen LogP contribution in [0.2, 0.25) is 5.02 Å². The molecule has 0 unspecified atom stereocenters. The van der Waals surface area contributed by atoms with E-state index in [9.17, 15) is 17.6 Å². The minimum absolute atomic E-state index is 0.112. The van der Waals surface area contributed by atoms with Gasteiger partial charge in [0.2, 0.25) is 15.9 Å². The van der Waals surface area contributed by atoms with Gasteiger partial charge in [-0.05, 0) is 42.2 Å². The van der Waals surface area contributed by atoms with Crippen LogP contribution in [0.25, 0.3) is 0 Å². The summed E-state index contributed by atoms with van der Waals surface area (Å²) in [5.41, 5.74) is 1.62. The Morgan fingerprint density at radius 1 is 1.19 bits per heavy atom. The van der Waals surface area contributed by atoms with E-state index in [-0.39, 0.29) is 29.5 Å². The molecule has 0 aromatic heterocycles. The molecule has 1 aliphatic heterocycles. The number of carbonyl (C=O) groups excluding carboxylic acids is 1. The van der Waals surface area contributed by atoms with E-state index in [1.807, 2.05) is 6.92 Å².